The van der Waals surface area contributed by atoms with Crippen molar-refractivity contribution < 1.29 is 17.9 Å². The SMILES string of the molecule is Cc1c(-c2nc(Nc3ccc(CS(=O)(=O)CC4(C)COC4)cc3)nc3c2CCNC3)cnc2c1NCCO2. The predicted octanol–water partition coefficient (Wildman–Crippen LogP) is 2.99. The molecule has 0 spiro atoms. The number of nitrogens with one attached hydrogen (secondary N) is 3. The van der Waals surface area contributed by atoms with Crippen LogP contribution < -0.4 is 20.7 Å². The zero-order chi connectivity index (χ0) is 26.3. The third-order valence-electron chi connectivity index (χ3n) is 7.20. The second kappa shape index (κ2) is 9.79. The Kier molecular flexibility index (Phi) is 6.45. The molecule has 2 aromatic heterocycles. The van der Waals surface area contributed by atoms with Gasteiger partial charge in [-0.05, 0) is 43.1 Å². The minimum atomic E-state index is -3.23. The fraction of sp³-hybridized carbons (Fsp3) is 0.444. The van der Waals surface area contributed by atoms with Crippen molar-refractivity contribution >= 4 is 27.2 Å². The molecule has 3 aliphatic heterocycles. The summed E-state index contributed by atoms with van der Waals surface area (Å²) in [6.45, 7) is 7.88. The Balaban J connectivity index is 1.26. The van der Waals surface area contributed by atoms with Crippen LogP contribution in [0.25, 0.3) is 11.3 Å². The minimum absolute atomic E-state index is 0.0103. The zero-order valence-electron chi connectivity index (χ0n) is 21.6. The third kappa shape index (κ3) is 5.05. The van der Waals surface area contributed by atoms with Gasteiger partial charge in [-0.15, -0.1) is 0 Å². The molecule has 0 saturated carbocycles. The molecule has 0 radical (unpaired) electrons. The summed E-state index contributed by atoms with van der Waals surface area (Å²) < 4.78 is 36.3. The number of fused-ring (bicyclic) bond motifs is 2. The lowest BCUT2D eigenvalue weighted by Gasteiger charge is -2.37. The van der Waals surface area contributed by atoms with E-state index in [0.29, 0.717) is 38.2 Å². The van der Waals surface area contributed by atoms with Gasteiger partial charge in [0.1, 0.15) is 12.3 Å². The third-order valence-corrected chi connectivity index (χ3v) is 9.11. The van der Waals surface area contributed by atoms with Crippen LogP contribution in [-0.4, -0.2) is 62.0 Å². The molecule has 6 rings (SSSR count). The van der Waals surface area contributed by atoms with Crippen LogP contribution in [0.15, 0.2) is 30.5 Å². The van der Waals surface area contributed by atoms with E-state index in [1.54, 1.807) is 0 Å². The van der Waals surface area contributed by atoms with Gasteiger partial charge in [-0.2, -0.15) is 0 Å². The van der Waals surface area contributed by atoms with E-state index in [4.69, 9.17) is 19.4 Å². The second-order valence-corrected chi connectivity index (χ2v) is 12.7. The van der Waals surface area contributed by atoms with Gasteiger partial charge in [0.25, 0.3) is 0 Å². The molecule has 10 nitrogen and oxygen atoms in total. The zero-order valence-corrected chi connectivity index (χ0v) is 22.5. The van der Waals surface area contributed by atoms with Gasteiger partial charge in [0, 0.05) is 41.5 Å². The molecule has 1 fully saturated rings. The van der Waals surface area contributed by atoms with Crippen LogP contribution in [0.4, 0.5) is 17.3 Å². The quantitative estimate of drug-likeness (QED) is 0.415. The highest BCUT2D eigenvalue weighted by Crippen LogP contribution is 2.37. The van der Waals surface area contributed by atoms with E-state index in [0.717, 1.165) is 64.5 Å². The molecule has 11 heteroatoms. The number of sulfone groups is 1. The van der Waals surface area contributed by atoms with Crippen molar-refractivity contribution in [1.29, 1.82) is 0 Å². The van der Waals surface area contributed by atoms with E-state index >= 15 is 0 Å². The molecular weight excluding hydrogens is 504 g/mol. The van der Waals surface area contributed by atoms with E-state index in [-0.39, 0.29) is 16.9 Å². The van der Waals surface area contributed by atoms with Crippen LogP contribution in [0.1, 0.15) is 29.3 Å². The van der Waals surface area contributed by atoms with Gasteiger partial charge in [0.15, 0.2) is 9.84 Å². The Hall–Kier alpha value is -3.28. The molecule has 3 aromatic rings. The molecule has 0 unspecified atom stereocenters. The van der Waals surface area contributed by atoms with Crippen LogP contribution in [0, 0.1) is 12.3 Å². The first-order valence-electron chi connectivity index (χ1n) is 12.9. The van der Waals surface area contributed by atoms with Crippen molar-refractivity contribution in [2.45, 2.75) is 32.6 Å². The second-order valence-electron chi connectivity index (χ2n) is 10.7. The lowest BCUT2D eigenvalue weighted by molar-refractivity contribution is -0.0870. The van der Waals surface area contributed by atoms with Crippen molar-refractivity contribution in [3.05, 3.63) is 52.8 Å². The number of nitrogens with zero attached hydrogens (tertiary/aromatic N) is 3. The molecule has 1 saturated heterocycles. The molecule has 0 aliphatic carbocycles. The molecular formula is C27H32N6O4S. The summed E-state index contributed by atoms with van der Waals surface area (Å²) in [7, 11) is -3.23. The number of ether oxygens (including phenoxy) is 2. The number of rotatable bonds is 7. The van der Waals surface area contributed by atoms with E-state index in [2.05, 4.69) is 27.9 Å². The van der Waals surface area contributed by atoms with Crippen molar-refractivity contribution in [1.82, 2.24) is 20.3 Å². The number of hydrogen-bond acceptors (Lipinski definition) is 10. The normalized spacial score (nSPS) is 17.8. The van der Waals surface area contributed by atoms with Gasteiger partial charge in [0.05, 0.1) is 36.1 Å². The summed E-state index contributed by atoms with van der Waals surface area (Å²) in [4.78, 5) is 14.3. The minimum Gasteiger partial charge on any atom is -0.474 e. The molecule has 0 atom stereocenters. The number of hydrogen-bond donors (Lipinski definition) is 3. The first-order chi connectivity index (χ1) is 18.3. The standard InChI is InChI=1S/C27H32N6O4S/c1-17-21(11-30-25-23(17)29-9-10-37-25)24-20-7-8-28-12-22(20)32-26(33-24)31-19-5-3-18(4-6-19)13-38(34,35)16-27(2)14-36-15-27/h3-6,11,28-29H,7-10,12-16H2,1-2H3,(H,31,32,33). The van der Waals surface area contributed by atoms with Gasteiger partial charge in [-0.3, -0.25) is 0 Å². The Labute approximate surface area is 222 Å². The van der Waals surface area contributed by atoms with Crippen molar-refractivity contribution in [2.75, 3.05) is 49.3 Å². The molecule has 0 bridgehead atoms. The van der Waals surface area contributed by atoms with Gasteiger partial charge in [0.2, 0.25) is 11.8 Å². The van der Waals surface area contributed by atoms with Crippen LogP contribution in [-0.2, 0) is 33.3 Å². The number of benzene rings is 1. The maximum Gasteiger partial charge on any atom is 0.237 e. The summed E-state index contributed by atoms with van der Waals surface area (Å²) in [5.41, 5.74) is 7.14. The van der Waals surface area contributed by atoms with Gasteiger partial charge < -0.3 is 25.4 Å². The fourth-order valence-electron chi connectivity index (χ4n) is 5.28. The molecule has 38 heavy (non-hydrogen) atoms. The Morgan fingerprint density at radius 1 is 1.13 bits per heavy atom. The summed E-state index contributed by atoms with van der Waals surface area (Å²) in [6.07, 6.45) is 2.67. The highest BCUT2D eigenvalue weighted by Gasteiger charge is 2.38. The van der Waals surface area contributed by atoms with Gasteiger partial charge in [-0.25, -0.2) is 23.4 Å². The fourth-order valence-corrected chi connectivity index (χ4v) is 7.31. The molecule has 3 N–H and O–H groups in total. The first-order valence-corrected chi connectivity index (χ1v) is 14.7. The predicted molar refractivity (Wildman–Crippen MR) is 146 cm³/mol. The average molecular weight is 537 g/mol. The van der Waals surface area contributed by atoms with Crippen LogP contribution in [0.2, 0.25) is 0 Å². The maximum absolute atomic E-state index is 12.7. The number of pyridine rings is 1. The average Bonchev–Trinajstić information content (AvgIpc) is 2.88. The summed E-state index contributed by atoms with van der Waals surface area (Å²) in [6, 6.07) is 7.41. The van der Waals surface area contributed by atoms with E-state index in [9.17, 15) is 8.42 Å². The largest absolute Gasteiger partial charge is 0.474 e. The van der Waals surface area contributed by atoms with Crippen LogP contribution in [0.5, 0.6) is 5.88 Å². The smallest absolute Gasteiger partial charge is 0.237 e. The topological polar surface area (TPSA) is 127 Å². The van der Waals surface area contributed by atoms with E-state index in [1.165, 1.54) is 0 Å². The Bertz CT molecular complexity index is 1470. The Morgan fingerprint density at radius 3 is 2.71 bits per heavy atom. The summed E-state index contributed by atoms with van der Waals surface area (Å²) in [5.74, 6) is 1.26. The van der Waals surface area contributed by atoms with Crippen molar-refractivity contribution in [3.8, 4) is 17.1 Å². The van der Waals surface area contributed by atoms with Crippen LogP contribution in [0.3, 0.4) is 0 Å². The highest BCUT2D eigenvalue weighted by atomic mass is 32.2. The van der Waals surface area contributed by atoms with E-state index in [1.807, 2.05) is 37.4 Å². The maximum atomic E-state index is 12.7. The molecule has 5 heterocycles. The molecule has 1 aromatic carbocycles. The summed E-state index contributed by atoms with van der Waals surface area (Å²) >= 11 is 0. The van der Waals surface area contributed by atoms with Gasteiger partial charge >= 0.3 is 0 Å². The van der Waals surface area contributed by atoms with Crippen molar-refractivity contribution in [3.63, 3.8) is 0 Å². The first kappa shape index (κ1) is 25.0. The van der Waals surface area contributed by atoms with Crippen LogP contribution >= 0.6 is 0 Å². The molecule has 3 aliphatic rings. The summed E-state index contributed by atoms with van der Waals surface area (Å²) in [5, 5.41) is 10.1. The highest BCUT2D eigenvalue weighted by molar-refractivity contribution is 7.90. The lowest BCUT2D eigenvalue weighted by Crippen LogP contribution is -2.45. The lowest BCUT2D eigenvalue weighted by atomic mass is 9.92. The van der Waals surface area contributed by atoms with Gasteiger partial charge in [-0.1, -0.05) is 19.1 Å². The molecule has 0 amide bonds. The molecule has 200 valence electrons. The number of aromatic nitrogens is 3. The van der Waals surface area contributed by atoms with Crippen molar-refractivity contribution in [2.24, 2.45) is 5.41 Å². The Morgan fingerprint density at radius 2 is 1.95 bits per heavy atom. The van der Waals surface area contributed by atoms with E-state index < -0.39 is 9.84 Å². The monoisotopic (exact) mass is 536 g/mol. The number of anilines is 3.